The molecule has 1 aliphatic carbocycles. The van der Waals surface area contributed by atoms with Crippen LogP contribution in [0.3, 0.4) is 0 Å². The fraction of sp³-hybridized carbons (Fsp3) is 0.867. The maximum atomic E-state index is 12.1. The topological polar surface area (TPSA) is 46.2 Å². The van der Waals surface area contributed by atoms with Crippen molar-refractivity contribution in [3.8, 4) is 0 Å². The Morgan fingerprint density at radius 3 is 2.17 bits per heavy atom. The summed E-state index contributed by atoms with van der Waals surface area (Å²) in [5.41, 5.74) is -0.217. The predicted molar refractivity (Wildman–Crippen MR) is 73.1 cm³/mol. The third-order valence-corrected chi connectivity index (χ3v) is 3.86. The van der Waals surface area contributed by atoms with Crippen molar-refractivity contribution in [2.45, 2.75) is 60.4 Å². The molecule has 0 aromatic heterocycles. The predicted octanol–water partition coefficient (Wildman–Crippen LogP) is 2.79. The van der Waals surface area contributed by atoms with Crippen LogP contribution in [0.2, 0.25) is 0 Å². The molecule has 18 heavy (non-hydrogen) atoms. The fourth-order valence-electron chi connectivity index (χ4n) is 2.49. The van der Waals surface area contributed by atoms with Crippen LogP contribution in [-0.4, -0.2) is 17.7 Å². The van der Waals surface area contributed by atoms with E-state index in [1.165, 1.54) is 0 Å². The van der Waals surface area contributed by atoms with Crippen LogP contribution in [0.4, 0.5) is 0 Å². The Balaban J connectivity index is 2.63. The number of rotatable bonds is 5. The third kappa shape index (κ3) is 3.56. The number of carbonyl (C=O) groups excluding carboxylic acids is 2. The van der Waals surface area contributed by atoms with Crippen LogP contribution in [0.1, 0.15) is 54.4 Å². The van der Waals surface area contributed by atoms with Crippen molar-refractivity contribution in [1.29, 1.82) is 0 Å². The van der Waals surface area contributed by atoms with Gasteiger partial charge in [-0.3, -0.25) is 9.59 Å². The summed E-state index contributed by atoms with van der Waals surface area (Å²) < 4.78 is 0. The molecule has 0 bridgehead atoms. The molecule has 0 radical (unpaired) electrons. The zero-order valence-corrected chi connectivity index (χ0v) is 12.5. The fourth-order valence-corrected chi connectivity index (χ4v) is 2.49. The molecule has 1 aliphatic rings. The van der Waals surface area contributed by atoms with Gasteiger partial charge in [0, 0.05) is 12.3 Å². The van der Waals surface area contributed by atoms with Gasteiger partial charge < -0.3 is 5.32 Å². The minimum absolute atomic E-state index is 0.0652. The summed E-state index contributed by atoms with van der Waals surface area (Å²) in [4.78, 5) is 24.1. The molecule has 1 N–H and O–H groups in total. The molecule has 1 rings (SSSR count). The number of carbonyl (C=O) groups is 2. The first-order valence-corrected chi connectivity index (χ1v) is 7.01. The van der Waals surface area contributed by atoms with Crippen LogP contribution in [0.25, 0.3) is 0 Å². The summed E-state index contributed by atoms with van der Waals surface area (Å²) in [5.74, 6) is 1.37. The van der Waals surface area contributed by atoms with E-state index in [0.717, 1.165) is 6.42 Å². The lowest BCUT2D eigenvalue weighted by molar-refractivity contribution is -0.131. The Labute approximate surface area is 111 Å². The average Bonchev–Trinajstić information content (AvgIpc) is 3.02. The molecule has 0 saturated heterocycles. The van der Waals surface area contributed by atoms with Crippen LogP contribution in [0.5, 0.6) is 0 Å². The molecule has 0 aliphatic heterocycles. The molecule has 3 atom stereocenters. The number of ketones is 1. The van der Waals surface area contributed by atoms with Crippen molar-refractivity contribution >= 4 is 11.7 Å². The first-order chi connectivity index (χ1) is 8.18. The molecule has 1 amide bonds. The van der Waals surface area contributed by atoms with Crippen LogP contribution in [0.15, 0.2) is 0 Å². The van der Waals surface area contributed by atoms with Gasteiger partial charge in [0.25, 0.3) is 0 Å². The summed E-state index contributed by atoms with van der Waals surface area (Å²) in [7, 11) is 0. The number of hydrogen-bond acceptors (Lipinski definition) is 2. The Kier molecular flexibility index (Phi) is 4.57. The first-order valence-electron chi connectivity index (χ1n) is 7.01. The lowest BCUT2D eigenvalue weighted by atomic mass is 9.83. The molecule has 0 spiro atoms. The van der Waals surface area contributed by atoms with Gasteiger partial charge >= 0.3 is 0 Å². The van der Waals surface area contributed by atoms with E-state index in [1.807, 2.05) is 27.7 Å². The molecule has 1 fully saturated rings. The third-order valence-electron chi connectivity index (χ3n) is 3.86. The van der Waals surface area contributed by atoms with E-state index in [1.54, 1.807) is 0 Å². The molecule has 104 valence electrons. The van der Waals surface area contributed by atoms with Gasteiger partial charge in [-0.15, -0.1) is 0 Å². The molecule has 1 saturated carbocycles. The highest BCUT2D eigenvalue weighted by Crippen LogP contribution is 2.44. The van der Waals surface area contributed by atoms with Gasteiger partial charge in [-0.05, 0) is 23.7 Å². The number of nitrogens with one attached hydrogen (secondary N) is 1. The normalized spacial score (nSPS) is 24.8. The number of Topliss-reactive ketones (excluding diaryl/α,β-unsaturated/α-hetero) is 1. The zero-order valence-electron chi connectivity index (χ0n) is 12.5. The SMILES string of the molecule is CCC(=O)[C@@H](NC(=O)C1C[C@@H]1C(C)C)C(C)(C)C. The van der Waals surface area contributed by atoms with E-state index >= 15 is 0 Å². The maximum Gasteiger partial charge on any atom is 0.224 e. The van der Waals surface area contributed by atoms with Gasteiger partial charge in [-0.2, -0.15) is 0 Å². The summed E-state index contributed by atoms with van der Waals surface area (Å²) in [6.07, 6.45) is 1.45. The Morgan fingerprint density at radius 2 is 1.83 bits per heavy atom. The minimum Gasteiger partial charge on any atom is -0.346 e. The van der Waals surface area contributed by atoms with Crippen LogP contribution < -0.4 is 5.32 Å². The Hall–Kier alpha value is -0.860. The van der Waals surface area contributed by atoms with Crippen molar-refractivity contribution in [3.05, 3.63) is 0 Å². The Bertz CT molecular complexity index is 328. The van der Waals surface area contributed by atoms with Crippen LogP contribution in [0, 0.1) is 23.2 Å². The van der Waals surface area contributed by atoms with Crippen LogP contribution in [-0.2, 0) is 9.59 Å². The van der Waals surface area contributed by atoms with E-state index in [9.17, 15) is 9.59 Å². The number of hydrogen-bond donors (Lipinski definition) is 1. The second-order valence-electron chi connectivity index (χ2n) is 6.88. The van der Waals surface area contributed by atoms with Gasteiger partial charge in [-0.1, -0.05) is 41.5 Å². The van der Waals surface area contributed by atoms with Crippen molar-refractivity contribution in [3.63, 3.8) is 0 Å². The monoisotopic (exact) mass is 253 g/mol. The van der Waals surface area contributed by atoms with E-state index in [-0.39, 0.29) is 29.1 Å². The molecule has 1 unspecified atom stereocenters. The Morgan fingerprint density at radius 1 is 1.28 bits per heavy atom. The highest BCUT2D eigenvalue weighted by Gasteiger charge is 2.46. The average molecular weight is 253 g/mol. The van der Waals surface area contributed by atoms with E-state index in [4.69, 9.17) is 0 Å². The minimum atomic E-state index is -0.358. The first kappa shape index (κ1) is 15.2. The largest absolute Gasteiger partial charge is 0.346 e. The molecular formula is C15H27NO2. The smallest absolute Gasteiger partial charge is 0.224 e. The van der Waals surface area contributed by atoms with E-state index in [2.05, 4.69) is 19.2 Å². The number of amides is 1. The van der Waals surface area contributed by atoms with Crippen molar-refractivity contribution < 1.29 is 9.59 Å². The zero-order chi connectivity index (χ0) is 14.1. The standard InChI is InChI=1S/C15H27NO2/c1-7-12(17)13(15(4,5)6)16-14(18)11-8-10(11)9(2)3/h9-11,13H,7-8H2,1-6H3,(H,16,18)/t10-,11?,13-/m1/s1. The molecule has 0 heterocycles. The van der Waals surface area contributed by atoms with Crippen molar-refractivity contribution in [2.24, 2.45) is 23.2 Å². The van der Waals surface area contributed by atoms with Gasteiger partial charge in [0.15, 0.2) is 5.78 Å². The lowest BCUT2D eigenvalue weighted by Crippen LogP contribution is -2.49. The van der Waals surface area contributed by atoms with Crippen LogP contribution >= 0.6 is 0 Å². The molecule has 0 aromatic carbocycles. The molecule has 3 nitrogen and oxygen atoms in total. The highest BCUT2D eigenvalue weighted by atomic mass is 16.2. The second kappa shape index (κ2) is 5.41. The second-order valence-corrected chi connectivity index (χ2v) is 6.88. The van der Waals surface area contributed by atoms with Gasteiger partial charge in [-0.25, -0.2) is 0 Å². The quantitative estimate of drug-likeness (QED) is 0.819. The molecular weight excluding hydrogens is 226 g/mol. The maximum absolute atomic E-state index is 12.1. The molecule has 3 heteroatoms. The van der Waals surface area contributed by atoms with Crippen molar-refractivity contribution in [1.82, 2.24) is 5.32 Å². The molecule has 0 aromatic rings. The summed E-state index contributed by atoms with van der Waals surface area (Å²) in [6.45, 7) is 12.1. The van der Waals surface area contributed by atoms with Crippen molar-refractivity contribution in [2.75, 3.05) is 0 Å². The van der Waals surface area contributed by atoms with Gasteiger partial charge in [0.1, 0.15) is 0 Å². The summed E-state index contributed by atoms with van der Waals surface area (Å²) in [6, 6.07) is -0.358. The highest BCUT2D eigenvalue weighted by molar-refractivity contribution is 5.91. The van der Waals surface area contributed by atoms with Gasteiger partial charge in [0.2, 0.25) is 5.91 Å². The summed E-state index contributed by atoms with van der Waals surface area (Å²) >= 11 is 0. The van der Waals surface area contributed by atoms with E-state index in [0.29, 0.717) is 18.3 Å². The summed E-state index contributed by atoms with van der Waals surface area (Å²) in [5, 5.41) is 2.97. The lowest BCUT2D eigenvalue weighted by Gasteiger charge is -2.30. The van der Waals surface area contributed by atoms with E-state index < -0.39 is 0 Å². The van der Waals surface area contributed by atoms with Gasteiger partial charge in [0.05, 0.1) is 6.04 Å².